The number of rotatable bonds is 9. The molecule has 0 saturated carbocycles. The SMILES string of the molecule is O=C(O)CCCCCN1C(=O)/C(=C\c2ccc(OC(F)F)cc2)SC1=S. The molecule has 0 aliphatic carbocycles. The van der Waals surface area contributed by atoms with Gasteiger partial charge < -0.3 is 9.84 Å². The molecule has 1 aliphatic rings. The predicted molar refractivity (Wildman–Crippen MR) is 99.1 cm³/mol. The lowest BCUT2D eigenvalue weighted by Gasteiger charge is -2.13. The van der Waals surface area contributed by atoms with E-state index in [2.05, 4.69) is 4.74 Å². The highest BCUT2D eigenvalue weighted by Gasteiger charge is 2.31. The number of carboxylic acids is 1. The molecule has 1 aromatic rings. The summed E-state index contributed by atoms with van der Waals surface area (Å²) in [5.41, 5.74) is 0.675. The van der Waals surface area contributed by atoms with Crippen LogP contribution in [0.4, 0.5) is 8.78 Å². The van der Waals surface area contributed by atoms with Crippen molar-refractivity contribution >= 4 is 46.3 Å². The number of unbranched alkanes of at least 4 members (excludes halogenated alkanes) is 2. The number of nitrogens with zero attached hydrogens (tertiary/aromatic N) is 1. The summed E-state index contributed by atoms with van der Waals surface area (Å²) in [7, 11) is 0. The molecule has 1 saturated heterocycles. The number of amides is 1. The first-order chi connectivity index (χ1) is 12.4. The van der Waals surface area contributed by atoms with Crippen molar-refractivity contribution in [1.29, 1.82) is 0 Å². The highest BCUT2D eigenvalue weighted by molar-refractivity contribution is 8.26. The number of alkyl halides is 2. The maximum Gasteiger partial charge on any atom is 0.387 e. The lowest BCUT2D eigenvalue weighted by molar-refractivity contribution is -0.137. The van der Waals surface area contributed by atoms with E-state index in [0.29, 0.717) is 40.6 Å². The van der Waals surface area contributed by atoms with Crippen molar-refractivity contribution in [3.8, 4) is 5.75 Å². The number of carbonyl (C=O) groups is 2. The van der Waals surface area contributed by atoms with Crippen molar-refractivity contribution in [2.24, 2.45) is 0 Å². The Morgan fingerprint density at radius 3 is 2.58 bits per heavy atom. The van der Waals surface area contributed by atoms with E-state index in [4.69, 9.17) is 17.3 Å². The molecule has 1 amide bonds. The van der Waals surface area contributed by atoms with Crippen molar-refractivity contribution in [2.45, 2.75) is 32.3 Å². The Labute approximate surface area is 159 Å². The minimum absolute atomic E-state index is 0.0473. The number of hydrogen-bond acceptors (Lipinski definition) is 5. The monoisotopic (exact) mass is 401 g/mol. The van der Waals surface area contributed by atoms with Gasteiger partial charge in [0.15, 0.2) is 0 Å². The largest absolute Gasteiger partial charge is 0.481 e. The average molecular weight is 401 g/mol. The van der Waals surface area contributed by atoms with Gasteiger partial charge in [-0.2, -0.15) is 8.78 Å². The van der Waals surface area contributed by atoms with Crippen LogP contribution in [0.2, 0.25) is 0 Å². The highest BCUT2D eigenvalue weighted by atomic mass is 32.2. The van der Waals surface area contributed by atoms with Crippen LogP contribution < -0.4 is 4.74 Å². The minimum Gasteiger partial charge on any atom is -0.481 e. The van der Waals surface area contributed by atoms with Gasteiger partial charge in [-0.05, 0) is 36.6 Å². The lowest BCUT2D eigenvalue weighted by Crippen LogP contribution is -2.29. The van der Waals surface area contributed by atoms with Gasteiger partial charge >= 0.3 is 12.6 Å². The Morgan fingerprint density at radius 1 is 1.27 bits per heavy atom. The van der Waals surface area contributed by atoms with Crippen LogP contribution in [0.3, 0.4) is 0 Å². The van der Waals surface area contributed by atoms with E-state index in [9.17, 15) is 18.4 Å². The van der Waals surface area contributed by atoms with Gasteiger partial charge in [0.1, 0.15) is 10.1 Å². The molecule has 26 heavy (non-hydrogen) atoms. The normalized spacial score (nSPS) is 16.0. The fraction of sp³-hybridized carbons (Fsp3) is 0.353. The molecule has 0 spiro atoms. The third-order valence-electron chi connectivity index (χ3n) is 3.55. The zero-order chi connectivity index (χ0) is 19.1. The van der Waals surface area contributed by atoms with E-state index >= 15 is 0 Å². The van der Waals surface area contributed by atoms with Crippen molar-refractivity contribution in [3.05, 3.63) is 34.7 Å². The second-order valence-corrected chi connectivity index (χ2v) is 7.16. The third kappa shape index (κ3) is 6.06. The van der Waals surface area contributed by atoms with Crippen molar-refractivity contribution in [2.75, 3.05) is 6.54 Å². The number of aliphatic carboxylic acids is 1. The Hall–Kier alpha value is -2.00. The van der Waals surface area contributed by atoms with Gasteiger partial charge in [0.25, 0.3) is 5.91 Å². The fourth-order valence-electron chi connectivity index (χ4n) is 2.31. The second-order valence-electron chi connectivity index (χ2n) is 5.49. The van der Waals surface area contributed by atoms with Crippen molar-refractivity contribution in [3.63, 3.8) is 0 Å². The molecule has 140 valence electrons. The number of thioether (sulfide) groups is 1. The number of ether oxygens (including phenoxy) is 1. The smallest absolute Gasteiger partial charge is 0.387 e. The molecular weight excluding hydrogens is 384 g/mol. The number of carboxylic acid groups (broad SMARTS) is 1. The van der Waals surface area contributed by atoms with Crippen LogP contribution in [-0.4, -0.2) is 39.4 Å². The lowest BCUT2D eigenvalue weighted by atomic mass is 10.2. The van der Waals surface area contributed by atoms with Crippen molar-refractivity contribution < 1.29 is 28.2 Å². The third-order valence-corrected chi connectivity index (χ3v) is 4.93. The average Bonchev–Trinajstić information content (AvgIpc) is 2.83. The molecule has 5 nitrogen and oxygen atoms in total. The Balaban J connectivity index is 1.92. The molecule has 1 aliphatic heterocycles. The molecule has 0 unspecified atom stereocenters. The van der Waals surface area contributed by atoms with Gasteiger partial charge in [-0.15, -0.1) is 0 Å². The summed E-state index contributed by atoms with van der Waals surface area (Å²) >= 11 is 6.41. The Kier molecular flexibility index (Phi) is 7.52. The Morgan fingerprint density at radius 2 is 1.96 bits per heavy atom. The zero-order valence-electron chi connectivity index (χ0n) is 13.7. The maximum atomic E-state index is 12.4. The van der Waals surface area contributed by atoms with Crippen LogP contribution in [0.5, 0.6) is 5.75 Å². The summed E-state index contributed by atoms with van der Waals surface area (Å²) in [6.45, 7) is -2.43. The zero-order valence-corrected chi connectivity index (χ0v) is 15.3. The number of benzene rings is 1. The van der Waals surface area contributed by atoms with Gasteiger partial charge in [0, 0.05) is 13.0 Å². The van der Waals surface area contributed by atoms with E-state index in [1.54, 1.807) is 18.2 Å². The highest BCUT2D eigenvalue weighted by Crippen LogP contribution is 2.33. The van der Waals surface area contributed by atoms with Gasteiger partial charge in [0.2, 0.25) is 0 Å². The molecule has 0 bridgehead atoms. The molecular formula is C17H17F2NO4S2. The topological polar surface area (TPSA) is 66.8 Å². The number of hydrogen-bond donors (Lipinski definition) is 1. The maximum absolute atomic E-state index is 12.4. The molecule has 0 aromatic heterocycles. The second kappa shape index (κ2) is 9.63. The molecule has 2 rings (SSSR count). The van der Waals surface area contributed by atoms with Gasteiger partial charge in [0.05, 0.1) is 4.91 Å². The summed E-state index contributed by atoms with van der Waals surface area (Å²) in [4.78, 5) is 24.9. The number of halogens is 2. The standard InChI is InChI=1S/C17H17F2NO4S2/c18-16(19)24-12-7-5-11(6-8-12)10-13-15(23)20(17(25)26-13)9-3-1-2-4-14(21)22/h5-8,10,16H,1-4,9H2,(H,21,22)/b13-10+. The van der Waals surface area contributed by atoms with Crippen LogP contribution in [-0.2, 0) is 9.59 Å². The summed E-state index contributed by atoms with van der Waals surface area (Å²) in [6.07, 6.45) is 3.70. The van der Waals surface area contributed by atoms with Crippen LogP contribution in [0.25, 0.3) is 6.08 Å². The Bertz CT molecular complexity index is 707. The fourth-order valence-corrected chi connectivity index (χ4v) is 3.62. The molecule has 0 radical (unpaired) electrons. The summed E-state index contributed by atoms with van der Waals surface area (Å²) < 4.78 is 29.0. The van der Waals surface area contributed by atoms with E-state index in [0.717, 1.165) is 0 Å². The van der Waals surface area contributed by atoms with E-state index in [-0.39, 0.29) is 18.1 Å². The van der Waals surface area contributed by atoms with Gasteiger partial charge in [-0.1, -0.05) is 42.5 Å². The molecule has 1 N–H and O–H groups in total. The van der Waals surface area contributed by atoms with Gasteiger partial charge in [-0.25, -0.2) is 0 Å². The predicted octanol–water partition coefficient (Wildman–Crippen LogP) is 4.13. The van der Waals surface area contributed by atoms with E-state index in [1.807, 2.05) is 0 Å². The quantitative estimate of drug-likeness (QED) is 0.381. The molecule has 1 fully saturated rings. The molecule has 1 heterocycles. The van der Waals surface area contributed by atoms with Crippen LogP contribution in [0.1, 0.15) is 31.2 Å². The van der Waals surface area contributed by atoms with E-state index < -0.39 is 12.6 Å². The first kappa shape index (κ1) is 20.3. The summed E-state index contributed by atoms with van der Waals surface area (Å²) in [6, 6.07) is 5.97. The van der Waals surface area contributed by atoms with Crippen LogP contribution >= 0.6 is 24.0 Å². The molecule has 9 heteroatoms. The van der Waals surface area contributed by atoms with Crippen LogP contribution in [0.15, 0.2) is 29.2 Å². The van der Waals surface area contributed by atoms with Crippen LogP contribution in [0, 0.1) is 0 Å². The number of thiocarbonyl (C=S) groups is 1. The molecule has 1 aromatic carbocycles. The minimum atomic E-state index is -2.88. The molecule has 0 atom stereocenters. The summed E-state index contributed by atoms with van der Waals surface area (Å²) in [5.74, 6) is -0.985. The van der Waals surface area contributed by atoms with Gasteiger partial charge in [-0.3, -0.25) is 14.5 Å². The van der Waals surface area contributed by atoms with E-state index in [1.165, 1.54) is 28.8 Å². The summed E-state index contributed by atoms with van der Waals surface area (Å²) in [5, 5.41) is 8.60. The first-order valence-corrected chi connectivity index (χ1v) is 9.11. The number of carbonyl (C=O) groups excluding carboxylic acids is 1. The van der Waals surface area contributed by atoms with Crippen molar-refractivity contribution in [1.82, 2.24) is 4.90 Å². The first-order valence-electron chi connectivity index (χ1n) is 7.89.